The SMILES string of the molecule is O.c1ccc2scnc2c1.c1ccc2scnc2c1. The molecule has 0 radical (unpaired) electrons. The largest absolute Gasteiger partial charge is 0.412 e. The van der Waals surface area contributed by atoms with Crippen molar-refractivity contribution in [3.8, 4) is 0 Å². The van der Waals surface area contributed by atoms with Crippen LogP contribution in [0.25, 0.3) is 20.4 Å². The number of hydrogen-bond acceptors (Lipinski definition) is 4. The molecule has 4 aromatic rings. The Morgan fingerprint density at radius 2 is 1.05 bits per heavy atom. The fraction of sp³-hybridized carbons (Fsp3) is 0. The van der Waals surface area contributed by atoms with E-state index in [1.54, 1.807) is 22.7 Å². The van der Waals surface area contributed by atoms with Crippen molar-refractivity contribution in [2.45, 2.75) is 0 Å². The molecule has 0 unspecified atom stereocenters. The number of rotatable bonds is 0. The molecule has 0 aliphatic rings. The quantitative estimate of drug-likeness (QED) is 0.494. The second-order valence-corrected chi connectivity index (χ2v) is 5.41. The Bertz CT molecular complexity index is 637. The van der Waals surface area contributed by atoms with Gasteiger partial charge in [0.05, 0.1) is 31.5 Å². The van der Waals surface area contributed by atoms with Crippen molar-refractivity contribution < 1.29 is 5.48 Å². The Labute approximate surface area is 118 Å². The van der Waals surface area contributed by atoms with Crippen molar-refractivity contribution in [2.24, 2.45) is 0 Å². The van der Waals surface area contributed by atoms with Gasteiger partial charge in [-0.2, -0.15) is 0 Å². The molecule has 2 N–H and O–H groups in total. The maximum Gasteiger partial charge on any atom is 0.0812 e. The highest BCUT2D eigenvalue weighted by atomic mass is 32.1. The van der Waals surface area contributed by atoms with Gasteiger partial charge in [-0.15, -0.1) is 22.7 Å². The van der Waals surface area contributed by atoms with Crippen LogP contribution in [0, 0.1) is 0 Å². The first-order valence-electron chi connectivity index (χ1n) is 5.50. The smallest absolute Gasteiger partial charge is 0.0812 e. The zero-order valence-corrected chi connectivity index (χ0v) is 11.6. The van der Waals surface area contributed by atoms with Crippen LogP contribution in [0.4, 0.5) is 0 Å². The maximum atomic E-state index is 4.14. The summed E-state index contributed by atoms with van der Waals surface area (Å²) in [7, 11) is 0. The number of nitrogens with zero attached hydrogens (tertiary/aromatic N) is 2. The first-order valence-corrected chi connectivity index (χ1v) is 7.26. The summed E-state index contributed by atoms with van der Waals surface area (Å²) in [6, 6.07) is 16.3. The second kappa shape index (κ2) is 6.38. The van der Waals surface area contributed by atoms with Crippen LogP contribution in [0.15, 0.2) is 59.6 Å². The van der Waals surface area contributed by atoms with E-state index >= 15 is 0 Å². The Morgan fingerprint density at radius 1 is 0.632 bits per heavy atom. The van der Waals surface area contributed by atoms with Crippen molar-refractivity contribution in [3.05, 3.63) is 59.6 Å². The molecular weight excluding hydrogens is 276 g/mol. The molecule has 0 aliphatic heterocycles. The fourth-order valence-electron chi connectivity index (χ4n) is 1.61. The van der Waals surface area contributed by atoms with Gasteiger partial charge in [0, 0.05) is 0 Å². The molecule has 0 saturated heterocycles. The van der Waals surface area contributed by atoms with Crippen LogP contribution in [-0.2, 0) is 0 Å². The molecule has 3 nitrogen and oxygen atoms in total. The summed E-state index contributed by atoms with van der Waals surface area (Å²) in [6.07, 6.45) is 0. The third-order valence-electron chi connectivity index (χ3n) is 2.47. The Balaban J connectivity index is 0.000000133. The van der Waals surface area contributed by atoms with E-state index in [1.165, 1.54) is 9.40 Å². The molecule has 2 heterocycles. The lowest BCUT2D eigenvalue weighted by atomic mass is 10.3. The molecule has 0 fully saturated rings. The summed E-state index contributed by atoms with van der Waals surface area (Å²) >= 11 is 3.35. The van der Waals surface area contributed by atoms with Gasteiger partial charge in [-0.3, -0.25) is 0 Å². The maximum absolute atomic E-state index is 4.14. The average Bonchev–Trinajstić information content (AvgIpc) is 3.08. The minimum absolute atomic E-state index is 0. The minimum Gasteiger partial charge on any atom is -0.412 e. The van der Waals surface area contributed by atoms with Crippen molar-refractivity contribution in [1.29, 1.82) is 0 Å². The van der Waals surface area contributed by atoms with Gasteiger partial charge < -0.3 is 5.48 Å². The monoisotopic (exact) mass is 288 g/mol. The van der Waals surface area contributed by atoms with E-state index in [0.29, 0.717) is 0 Å². The van der Waals surface area contributed by atoms with Gasteiger partial charge in [0.15, 0.2) is 0 Å². The average molecular weight is 288 g/mol. The molecule has 2 aromatic carbocycles. The van der Waals surface area contributed by atoms with Gasteiger partial charge in [-0.25, -0.2) is 9.97 Å². The van der Waals surface area contributed by atoms with E-state index in [0.717, 1.165) is 11.0 Å². The molecule has 4 rings (SSSR count). The standard InChI is InChI=1S/2C7H5NS.H2O/c2*1-2-4-7-6(3-1)8-5-9-7;/h2*1-5H;1H2. The van der Waals surface area contributed by atoms with Crippen LogP contribution in [0.3, 0.4) is 0 Å². The third kappa shape index (κ3) is 3.14. The van der Waals surface area contributed by atoms with Gasteiger partial charge in [-0.05, 0) is 24.3 Å². The first kappa shape index (κ1) is 13.6. The summed E-state index contributed by atoms with van der Waals surface area (Å²) in [6.45, 7) is 0. The van der Waals surface area contributed by atoms with Crippen molar-refractivity contribution in [3.63, 3.8) is 0 Å². The summed E-state index contributed by atoms with van der Waals surface area (Å²) in [5.41, 5.74) is 5.93. The predicted octanol–water partition coefficient (Wildman–Crippen LogP) is 3.77. The van der Waals surface area contributed by atoms with Crippen LogP contribution in [0.1, 0.15) is 0 Å². The lowest BCUT2D eigenvalue weighted by Crippen LogP contribution is -1.61. The van der Waals surface area contributed by atoms with Gasteiger partial charge in [-0.1, -0.05) is 24.3 Å². The predicted molar refractivity (Wildman–Crippen MR) is 82.9 cm³/mol. The van der Waals surface area contributed by atoms with Crippen LogP contribution in [-0.4, -0.2) is 15.4 Å². The summed E-state index contributed by atoms with van der Waals surface area (Å²) < 4.78 is 2.52. The number of thiazole rings is 2. The van der Waals surface area contributed by atoms with Crippen LogP contribution >= 0.6 is 22.7 Å². The summed E-state index contributed by atoms with van der Waals surface area (Å²) in [4.78, 5) is 8.27. The lowest BCUT2D eigenvalue weighted by Gasteiger charge is -1.80. The fourth-order valence-corrected chi connectivity index (χ4v) is 2.96. The molecule has 19 heavy (non-hydrogen) atoms. The highest BCUT2D eigenvalue weighted by Gasteiger charge is 1.90. The number of aromatic nitrogens is 2. The summed E-state index contributed by atoms with van der Waals surface area (Å²) in [5, 5.41) is 0. The normalized spacial score (nSPS) is 9.68. The first-order chi connectivity index (χ1) is 8.93. The number of fused-ring (bicyclic) bond motifs is 2. The van der Waals surface area contributed by atoms with Crippen LogP contribution < -0.4 is 0 Å². The molecular formula is C14H12N2OS2. The number of benzene rings is 2. The van der Waals surface area contributed by atoms with Gasteiger partial charge >= 0.3 is 0 Å². The minimum atomic E-state index is 0. The van der Waals surface area contributed by atoms with Crippen LogP contribution in [0.5, 0.6) is 0 Å². The van der Waals surface area contributed by atoms with Crippen molar-refractivity contribution in [2.75, 3.05) is 0 Å². The lowest BCUT2D eigenvalue weighted by molar-refractivity contribution is 0.824. The van der Waals surface area contributed by atoms with Gasteiger partial charge in [0.2, 0.25) is 0 Å². The third-order valence-corrected chi connectivity index (χ3v) is 4.09. The molecule has 0 saturated carbocycles. The summed E-state index contributed by atoms with van der Waals surface area (Å²) in [5.74, 6) is 0. The topological polar surface area (TPSA) is 57.3 Å². The molecule has 2 aromatic heterocycles. The van der Waals surface area contributed by atoms with Crippen LogP contribution in [0.2, 0.25) is 0 Å². The Kier molecular flexibility index (Phi) is 4.57. The van der Waals surface area contributed by atoms with E-state index < -0.39 is 0 Å². The van der Waals surface area contributed by atoms with Crippen molar-refractivity contribution in [1.82, 2.24) is 9.97 Å². The number of para-hydroxylation sites is 2. The molecule has 0 bridgehead atoms. The molecule has 96 valence electrons. The number of hydrogen-bond donors (Lipinski definition) is 0. The molecule has 5 heteroatoms. The highest BCUT2D eigenvalue weighted by molar-refractivity contribution is 7.17. The second-order valence-electron chi connectivity index (χ2n) is 3.64. The molecule has 0 atom stereocenters. The molecule has 0 aliphatic carbocycles. The van der Waals surface area contributed by atoms with E-state index in [1.807, 2.05) is 47.4 Å². The van der Waals surface area contributed by atoms with Gasteiger partial charge in [0.1, 0.15) is 0 Å². The van der Waals surface area contributed by atoms with E-state index in [4.69, 9.17) is 0 Å². The Morgan fingerprint density at radius 3 is 1.47 bits per heavy atom. The highest BCUT2D eigenvalue weighted by Crippen LogP contribution is 2.16. The Hall–Kier alpha value is -1.82. The zero-order valence-electron chi connectivity index (χ0n) is 9.98. The van der Waals surface area contributed by atoms with E-state index in [9.17, 15) is 0 Å². The molecule has 0 amide bonds. The molecule has 0 spiro atoms. The van der Waals surface area contributed by atoms with E-state index in [2.05, 4.69) is 22.1 Å². The van der Waals surface area contributed by atoms with E-state index in [-0.39, 0.29) is 5.48 Å². The van der Waals surface area contributed by atoms with Crippen molar-refractivity contribution >= 4 is 43.1 Å². The van der Waals surface area contributed by atoms with Gasteiger partial charge in [0.25, 0.3) is 0 Å². The zero-order chi connectivity index (χ0) is 12.2.